The first-order chi connectivity index (χ1) is 11.3. The minimum Gasteiger partial charge on any atom is -0.301 e. The van der Waals surface area contributed by atoms with Crippen molar-refractivity contribution in [2.24, 2.45) is 7.05 Å². The van der Waals surface area contributed by atoms with Crippen LogP contribution < -0.4 is 0 Å². The van der Waals surface area contributed by atoms with Crippen molar-refractivity contribution in [2.75, 3.05) is 19.6 Å². The fourth-order valence-electron chi connectivity index (χ4n) is 3.29. The molecule has 7 nitrogen and oxygen atoms in total. The highest BCUT2D eigenvalue weighted by Gasteiger charge is 2.15. The highest BCUT2D eigenvalue weighted by Crippen LogP contribution is 2.24. The van der Waals surface area contributed by atoms with Crippen LogP contribution in [0.15, 0.2) is 24.8 Å². The topological polar surface area (TPSA) is 64.7 Å². The van der Waals surface area contributed by atoms with Gasteiger partial charge in [-0.1, -0.05) is 6.42 Å². The molecule has 3 aromatic rings. The Labute approximate surface area is 134 Å². The molecule has 0 saturated carbocycles. The highest BCUT2D eigenvalue weighted by molar-refractivity contribution is 5.88. The van der Waals surface area contributed by atoms with Gasteiger partial charge in [0.25, 0.3) is 0 Å². The van der Waals surface area contributed by atoms with Gasteiger partial charge in [-0.15, -0.1) is 0 Å². The van der Waals surface area contributed by atoms with E-state index in [1.165, 1.54) is 32.4 Å². The molecule has 23 heavy (non-hydrogen) atoms. The fourth-order valence-corrected chi connectivity index (χ4v) is 3.29. The lowest BCUT2D eigenvalue weighted by atomic mass is 10.1. The van der Waals surface area contributed by atoms with E-state index in [0.717, 1.165) is 35.5 Å². The Morgan fingerprint density at radius 1 is 1.04 bits per heavy atom. The van der Waals surface area contributed by atoms with E-state index in [0.29, 0.717) is 0 Å². The molecule has 1 aliphatic heterocycles. The van der Waals surface area contributed by atoms with Crippen LogP contribution in [0.25, 0.3) is 22.4 Å². The Balaban J connectivity index is 1.61. The number of aryl methyl sites for hydroxylation is 1. The molecule has 0 amide bonds. The van der Waals surface area contributed by atoms with Gasteiger partial charge in [0.15, 0.2) is 5.65 Å². The van der Waals surface area contributed by atoms with Crippen LogP contribution in [0.3, 0.4) is 0 Å². The summed E-state index contributed by atoms with van der Waals surface area (Å²) in [7, 11) is 1.92. The number of nitrogens with zero attached hydrogens (tertiary/aromatic N) is 7. The summed E-state index contributed by atoms with van der Waals surface area (Å²) in [6.07, 6.45) is 9.25. The Hall–Kier alpha value is -2.28. The summed E-state index contributed by atoms with van der Waals surface area (Å²) in [5, 5.41) is 9.75. The van der Waals surface area contributed by atoms with E-state index >= 15 is 0 Å². The molecular formula is C16H21N7. The first-order valence-corrected chi connectivity index (χ1v) is 8.20. The van der Waals surface area contributed by atoms with E-state index in [1.807, 2.05) is 28.7 Å². The molecule has 1 aliphatic rings. The molecule has 3 aromatic heterocycles. The maximum atomic E-state index is 4.54. The lowest BCUT2D eigenvalue weighted by Gasteiger charge is -2.26. The zero-order chi connectivity index (χ0) is 15.6. The molecule has 0 spiro atoms. The second-order valence-electron chi connectivity index (χ2n) is 6.07. The van der Waals surface area contributed by atoms with Crippen molar-refractivity contribution in [3.05, 3.63) is 24.8 Å². The maximum absolute atomic E-state index is 4.54. The summed E-state index contributed by atoms with van der Waals surface area (Å²) in [6.45, 7) is 4.30. The van der Waals surface area contributed by atoms with Gasteiger partial charge < -0.3 is 4.90 Å². The average molecular weight is 311 g/mol. The van der Waals surface area contributed by atoms with Crippen LogP contribution in [0.5, 0.6) is 0 Å². The number of aromatic nitrogens is 6. The molecule has 0 unspecified atom stereocenters. The first-order valence-electron chi connectivity index (χ1n) is 8.20. The predicted octanol–water partition coefficient (Wildman–Crippen LogP) is 1.71. The van der Waals surface area contributed by atoms with E-state index in [9.17, 15) is 0 Å². The summed E-state index contributed by atoms with van der Waals surface area (Å²) < 4.78 is 3.82. The normalized spacial score (nSPS) is 16.2. The third-order valence-corrected chi connectivity index (χ3v) is 4.57. The minimum atomic E-state index is 0.866. The van der Waals surface area contributed by atoms with Crippen LogP contribution in [-0.2, 0) is 13.6 Å². The Morgan fingerprint density at radius 3 is 2.70 bits per heavy atom. The summed E-state index contributed by atoms with van der Waals surface area (Å²) in [6, 6.07) is 1.97. The molecule has 4 heterocycles. The standard InChI is InChI=1S/C16H21N7/c1-21-14(5-6-19-21)15-13-11-20-23(16(13)18-12-17-15)10-9-22-7-3-2-4-8-22/h5-6,11-12H,2-4,7-10H2,1H3. The zero-order valence-electron chi connectivity index (χ0n) is 13.4. The van der Waals surface area contributed by atoms with Crippen LogP contribution in [0, 0.1) is 0 Å². The summed E-state index contributed by atoms with van der Waals surface area (Å²) >= 11 is 0. The molecule has 0 aliphatic carbocycles. The van der Waals surface area contributed by atoms with Crippen molar-refractivity contribution in [3.63, 3.8) is 0 Å². The summed E-state index contributed by atoms with van der Waals surface area (Å²) in [5.74, 6) is 0. The number of fused-ring (bicyclic) bond motifs is 1. The molecule has 7 heteroatoms. The van der Waals surface area contributed by atoms with Gasteiger partial charge in [0.2, 0.25) is 0 Å². The van der Waals surface area contributed by atoms with Gasteiger partial charge in [-0.2, -0.15) is 10.2 Å². The molecule has 1 fully saturated rings. The SMILES string of the molecule is Cn1nccc1-c1ncnc2c1cnn2CCN1CCCCC1. The molecule has 0 N–H and O–H groups in total. The minimum absolute atomic E-state index is 0.866. The van der Waals surface area contributed by atoms with Crippen molar-refractivity contribution in [3.8, 4) is 11.4 Å². The van der Waals surface area contributed by atoms with Crippen LogP contribution in [0.1, 0.15) is 19.3 Å². The van der Waals surface area contributed by atoms with Crippen molar-refractivity contribution < 1.29 is 0 Å². The lowest BCUT2D eigenvalue weighted by molar-refractivity contribution is 0.219. The monoisotopic (exact) mass is 311 g/mol. The molecule has 4 rings (SSSR count). The maximum Gasteiger partial charge on any atom is 0.161 e. The van der Waals surface area contributed by atoms with Crippen LogP contribution in [-0.4, -0.2) is 54.1 Å². The van der Waals surface area contributed by atoms with Gasteiger partial charge in [-0.3, -0.25) is 4.68 Å². The van der Waals surface area contributed by atoms with Crippen molar-refractivity contribution in [2.45, 2.75) is 25.8 Å². The fraction of sp³-hybridized carbons (Fsp3) is 0.500. The molecule has 0 radical (unpaired) electrons. The van der Waals surface area contributed by atoms with Gasteiger partial charge in [0.05, 0.1) is 23.8 Å². The van der Waals surface area contributed by atoms with Crippen molar-refractivity contribution in [1.82, 2.24) is 34.4 Å². The average Bonchev–Trinajstić information content (AvgIpc) is 3.20. The lowest BCUT2D eigenvalue weighted by Crippen LogP contribution is -2.32. The Bertz CT molecular complexity index is 798. The van der Waals surface area contributed by atoms with Crippen LogP contribution in [0.2, 0.25) is 0 Å². The smallest absolute Gasteiger partial charge is 0.161 e. The van der Waals surface area contributed by atoms with Gasteiger partial charge in [-0.05, 0) is 32.0 Å². The van der Waals surface area contributed by atoms with E-state index in [2.05, 4.69) is 25.1 Å². The van der Waals surface area contributed by atoms with Gasteiger partial charge in [-0.25, -0.2) is 14.6 Å². The predicted molar refractivity (Wildman–Crippen MR) is 87.8 cm³/mol. The number of piperidine rings is 1. The third kappa shape index (κ3) is 2.72. The molecule has 120 valence electrons. The van der Waals surface area contributed by atoms with Crippen molar-refractivity contribution in [1.29, 1.82) is 0 Å². The molecule has 0 atom stereocenters. The highest BCUT2D eigenvalue weighted by atomic mass is 15.3. The van der Waals surface area contributed by atoms with E-state index in [4.69, 9.17) is 0 Å². The second kappa shape index (κ2) is 6.08. The molecule has 0 aromatic carbocycles. The Morgan fingerprint density at radius 2 is 1.91 bits per heavy atom. The molecular weight excluding hydrogens is 290 g/mol. The van der Waals surface area contributed by atoms with Gasteiger partial charge >= 0.3 is 0 Å². The largest absolute Gasteiger partial charge is 0.301 e. The number of likely N-dealkylation sites (tertiary alicyclic amines) is 1. The Kier molecular flexibility index (Phi) is 3.78. The van der Waals surface area contributed by atoms with Crippen LogP contribution >= 0.6 is 0 Å². The number of hydrogen-bond donors (Lipinski definition) is 0. The van der Waals surface area contributed by atoms with E-state index < -0.39 is 0 Å². The number of hydrogen-bond acceptors (Lipinski definition) is 5. The van der Waals surface area contributed by atoms with E-state index in [-0.39, 0.29) is 0 Å². The summed E-state index contributed by atoms with van der Waals surface area (Å²) in [4.78, 5) is 11.4. The van der Waals surface area contributed by atoms with Crippen molar-refractivity contribution >= 4 is 11.0 Å². The quantitative estimate of drug-likeness (QED) is 0.734. The summed E-state index contributed by atoms with van der Waals surface area (Å²) in [5.41, 5.74) is 2.76. The first kappa shape index (κ1) is 14.3. The van der Waals surface area contributed by atoms with E-state index in [1.54, 1.807) is 12.5 Å². The van der Waals surface area contributed by atoms with Gasteiger partial charge in [0, 0.05) is 19.8 Å². The van der Waals surface area contributed by atoms with Crippen LogP contribution in [0.4, 0.5) is 0 Å². The number of rotatable bonds is 4. The second-order valence-corrected chi connectivity index (χ2v) is 6.07. The zero-order valence-corrected chi connectivity index (χ0v) is 13.4. The van der Waals surface area contributed by atoms with Gasteiger partial charge in [0.1, 0.15) is 12.0 Å². The third-order valence-electron chi connectivity index (χ3n) is 4.57. The molecule has 0 bridgehead atoms. The molecule has 1 saturated heterocycles.